The minimum Gasteiger partial charge on any atom is -0.300 e. The Morgan fingerprint density at radius 3 is 2.75 bits per heavy atom. The number of carbonyl (C=O) groups excluding carboxylic acids is 1. The summed E-state index contributed by atoms with van der Waals surface area (Å²) in [6, 6.07) is 0. The van der Waals surface area contributed by atoms with Crippen LogP contribution in [0.3, 0.4) is 0 Å². The van der Waals surface area contributed by atoms with Crippen LogP contribution in [0.15, 0.2) is 11.6 Å². The average Bonchev–Trinajstić information content (AvgIpc) is 2.86. The molecule has 3 saturated carbocycles. The first-order valence-corrected chi connectivity index (χ1v) is 8.64. The third-order valence-corrected chi connectivity index (χ3v) is 8.09. The zero-order chi connectivity index (χ0) is 14.1. The van der Waals surface area contributed by atoms with Crippen LogP contribution in [-0.4, -0.2) is 5.78 Å². The molecular weight excluding hydrogens is 244 g/mol. The van der Waals surface area contributed by atoms with Crippen LogP contribution in [0.1, 0.15) is 65.7 Å². The predicted molar refractivity (Wildman–Crippen MR) is 81.3 cm³/mol. The molecule has 4 aliphatic carbocycles. The van der Waals surface area contributed by atoms with Crippen LogP contribution in [0.5, 0.6) is 0 Å². The van der Waals surface area contributed by atoms with Crippen molar-refractivity contribution >= 4 is 5.78 Å². The van der Waals surface area contributed by atoms with E-state index in [9.17, 15) is 4.79 Å². The average molecular weight is 272 g/mol. The van der Waals surface area contributed by atoms with E-state index in [-0.39, 0.29) is 0 Å². The summed E-state index contributed by atoms with van der Waals surface area (Å²) in [7, 11) is 0. The molecule has 3 fully saturated rings. The molecule has 0 saturated heterocycles. The van der Waals surface area contributed by atoms with Gasteiger partial charge in [0.2, 0.25) is 0 Å². The highest BCUT2D eigenvalue weighted by Gasteiger charge is 2.59. The molecule has 0 N–H and O–H groups in total. The molecule has 0 spiro atoms. The lowest BCUT2D eigenvalue weighted by atomic mass is 9.48. The van der Waals surface area contributed by atoms with E-state index < -0.39 is 0 Å². The monoisotopic (exact) mass is 272 g/mol. The Hall–Kier alpha value is -0.590. The molecular formula is C19H28O. The Balaban J connectivity index is 1.68. The molecule has 0 aromatic carbocycles. The van der Waals surface area contributed by atoms with Crippen molar-refractivity contribution in [2.45, 2.75) is 65.7 Å². The van der Waals surface area contributed by atoms with Crippen molar-refractivity contribution in [2.75, 3.05) is 0 Å². The van der Waals surface area contributed by atoms with Crippen molar-refractivity contribution in [2.24, 2.45) is 34.5 Å². The number of fused-ring (bicyclic) bond motifs is 5. The Morgan fingerprint density at radius 2 is 1.95 bits per heavy atom. The molecule has 6 unspecified atom stereocenters. The largest absolute Gasteiger partial charge is 0.300 e. The smallest absolute Gasteiger partial charge is 0.133 e. The fourth-order valence-corrected chi connectivity index (χ4v) is 6.70. The minimum atomic E-state index is 0.345. The Bertz CT molecular complexity index is 490. The number of carbonyl (C=O) groups is 1. The second-order valence-electron chi connectivity index (χ2n) is 8.66. The Morgan fingerprint density at radius 1 is 1.15 bits per heavy atom. The number of allylic oxidation sites excluding steroid dienone is 2. The highest BCUT2D eigenvalue weighted by molar-refractivity contribution is 5.82. The van der Waals surface area contributed by atoms with Gasteiger partial charge in [0.25, 0.3) is 0 Å². The van der Waals surface area contributed by atoms with Crippen LogP contribution in [-0.2, 0) is 4.79 Å². The van der Waals surface area contributed by atoms with Gasteiger partial charge in [-0.3, -0.25) is 4.79 Å². The molecule has 0 amide bonds. The third-order valence-electron chi connectivity index (χ3n) is 8.09. The predicted octanol–water partition coefficient (Wildman–Crippen LogP) is 4.76. The van der Waals surface area contributed by atoms with Crippen molar-refractivity contribution in [3.8, 4) is 0 Å². The lowest BCUT2D eigenvalue weighted by molar-refractivity contribution is -0.118. The van der Waals surface area contributed by atoms with Gasteiger partial charge in [-0.15, -0.1) is 0 Å². The van der Waals surface area contributed by atoms with Gasteiger partial charge in [0, 0.05) is 12.8 Å². The van der Waals surface area contributed by atoms with E-state index in [0.29, 0.717) is 22.5 Å². The van der Waals surface area contributed by atoms with Gasteiger partial charge >= 0.3 is 0 Å². The fourth-order valence-electron chi connectivity index (χ4n) is 6.70. The van der Waals surface area contributed by atoms with Crippen LogP contribution in [0.25, 0.3) is 0 Å². The highest BCUT2D eigenvalue weighted by Crippen LogP contribution is 2.66. The topological polar surface area (TPSA) is 17.1 Å². The van der Waals surface area contributed by atoms with Crippen molar-refractivity contribution in [1.82, 2.24) is 0 Å². The summed E-state index contributed by atoms with van der Waals surface area (Å²) in [5, 5.41) is 0. The van der Waals surface area contributed by atoms with E-state index in [4.69, 9.17) is 0 Å². The lowest BCUT2D eigenvalue weighted by Crippen LogP contribution is -2.49. The third kappa shape index (κ3) is 1.47. The van der Waals surface area contributed by atoms with Gasteiger partial charge < -0.3 is 0 Å². The second kappa shape index (κ2) is 3.99. The van der Waals surface area contributed by atoms with Gasteiger partial charge in [-0.05, 0) is 73.5 Å². The summed E-state index contributed by atoms with van der Waals surface area (Å²) in [5.74, 6) is 3.83. The molecule has 0 aromatic rings. The van der Waals surface area contributed by atoms with Crippen molar-refractivity contribution < 1.29 is 4.79 Å². The number of hydrogen-bond donors (Lipinski definition) is 0. The molecule has 1 nitrogen and oxygen atoms in total. The van der Waals surface area contributed by atoms with Crippen molar-refractivity contribution in [1.29, 1.82) is 0 Å². The van der Waals surface area contributed by atoms with Gasteiger partial charge in [-0.2, -0.15) is 0 Å². The lowest BCUT2D eigenvalue weighted by Gasteiger charge is -2.57. The van der Waals surface area contributed by atoms with E-state index in [2.05, 4.69) is 26.8 Å². The van der Waals surface area contributed by atoms with E-state index in [1.807, 2.05) is 0 Å². The van der Waals surface area contributed by atoms with E-state index >= 15 is 0 Å². The molecule has 0 aromatic heterocycles. The molecule has 110 valence electrons. The maximum atomic E-state index is 12.0. The number of ketones is 1. The van der Waals surface area contributed by atoms with Gasteiger partial charge in [0.1, 0.15) is 5.78 Å². The molecule has 0 bridgehead atoms. The fraction of sp³-hybridized carbons (Fsp3) is 0.842. The Labute approximate surface area is 123 Å². The van der Waals surface area contributed by atoms with E-state index in [1.165, 1.54) is 32.1 Å². The summed E-state index contributed by atoms with van der Waals surface area (Å²) in [6.07, 6.45) is 11.0. The van der Waals surface area contributed by atoms with Crippen LogP contribution >= 0.6 is 0 Å². The standard InChI is InChI=1S/C19H28O/c1-12-4-7-16-15-6-5-13-10-14(20)11-19(13,3)17(15)8-9-18(12,16)2/h4,13,15-17H,5-11H2,1-3H3. The van der Waals surface area contributed by atoms with Crippen molar-refractivity contribution in [3.05, 3.63) is 11.6 Å². The summed E-state index contributed by atoms with van der Waals surface area (Å²) in [5.41, 5.74) is 2.47. The van der Waals surface area contributed by atoms with E-state index in [1.54, 1.807) is 5.57 Å². The van der Waals surface area contributed by atoms with E-state index in [0.717, 1.165) is 30.6 Å². The molecule has 0 aliphatic heterocycles. The van der Waals surface area contributed by atoms with Gasteiger partial charge in [-0.1, -0.05) is 25.5 Å². The summed E-state index contributed by atoms with van der Waals surface area (Å²) >= 11 is 0. The number of hydrogen-bond acceptors (Lipinski definition) is 1. The van der Waals surface area contributed by atoms with Crippen molar-refractivity contribution in [3.63, 3.8) is 0 Å². The maximum Gasteiger partial charge on any atom is 0.133 e. The van der Waals surface area contributed by atoms with Crippen LogP contribution in [0, 0.1) is 34.5 Å². The summed E-state index contributed by atoms with van der Waals surface area (Å²) in [4.78, 5) is 12.0. The quantitative estimate of drug-likeness (QED) is 0.581. The highest BCUT2D eigenvalue weighted by atomic mass is 16.1. The number of Topliss-reactive ketones (excluding diaryl/α,β-unsaturated/α-hetero) is 1. The SMILES string of the molecule is CC1=CCC2C3CCC4CC(=O)CC4(C)C3CCC12C. The summed E-state index contributed by atoms with van der Waals surface area (Å²) in [6.45, 7) is 7.32. The first kappa shape index (κ1) is 13.1. The molecule has 6 atom stereocenters. The first-order valence-electron chi connectivity index (χ1n) is 8.64. The molecule has 0 heterocycles. The zero-order valence-corrected chi connectivity index (χ0v) is 13.2. The zero-order valence-electron chi connectivity index (χ0n) is 13.2. The molecule has 1 heteroatoms. The van der Waals surface area contributed by atoms with Crippen LogP contribution in [0.2, 0.25) is 0 Å². The Kier molecular flexibility index (Phi) is 2.61. The molecule has 0 radical (unpaired) electrons. The second-order valence-corrected chi connectivity index (χ2v) is 8.66. The minimum absolute atomic E-state index is 0.345. The normalized spacial score (nSPS) is 54.1. The maximum absolute atomic E-state index is 12.0. The van der Waals surface area contributed by atoms with Gasteiger partial charge in [-0.25, -0.2) is 0 Å². The van der Waals surface area contributed by atoms with Gasteiger partial charge in [0.05, 0.1) is 0 Å². The molecule has 4 aliphatic rings. The number of rotatable bonds is 0. The van der Waals surface area contributed by atoms with Crippen LogP contribution in [0.4, 0.5) is 0 Å². The van der Waals surface area contributed by atoms with Gasteiger partial charge in [0.15, 0.2) is 0 Å². The first-order chi connectivity index (χ1) is 9.45. The van der Waals surface area contributed by atoms with Crippen LogP contribution < -0.4 is 0 Å². The summed E-state index contributed by atoms with van der Waals surface area (Å²) < 4.78 is 0. The molecule has 20 heavy (non-hydrogen) atoms. The molecule has 4 rings (SSSR count).